The van der Waals surface area contributed by atoms with Crippen LogP contribution < -0.4 is 5.32 Å². The summed E-state index contributed by atoms with van der Waals surface area (Å²) in [7, 11) is 0. The van der Waals surface area contributed by atoms with Gasteiger partial charge in [-0.25, -0.2) is 4.39 Å². The molecule has 0 atom stereocenters. The molecule has 0 unspecified atom stereocenters. The molecule has 2 nitrogen and oxygen atoms in total. The number of hydrogen-bond donors (Lipinski definition) is 1. The summed E-state index contributed by atoms with van der Waals surface area (Å²) in [6.45, 7) is 6.82. The highest BCUT2D eigenvalue weighted by atomic mass is 19.1. The van der Waals surface area contributed by atoms with Crippen molar-refractivity contribution in [1.82, 2.24) is 5.32 Å². The minimum Gasteiger partial charge on any atom is -0.345 e. The molecule has 1 aromatic carbocycles. The molecule has 0 saturated carbocycles. The predicted octanol–water partition coefficient (Wildman–Crippen LogP) is 3.12. The lowest BCUT2D eigenvalue weighted by Gasteiger charge is -1.94. The minimum atomic E-state index is -0.351. The first-order valence-electron chi connectivity index (χ1n) is 6.19. The number of nitrogens with one attached hydrogen (secondary N) is 1. The van der Waals surface area contributed by atoms with E-state index in [0.29, 0.717) is 12.1 Å². The molecular formula is C15H20FNO. The Hall–Kier alpha value is -1.82. The van der Waals surface area contributed by atoms with Crippen LogP contribution in [0.2, 0.25) is 0 Å². The molecule has 18 heavy (non-hydrogen) atoms. The van der Waals surface area contributed by atoms with Gasteiger partial charge in [0.05, 0.1) is 0 Å². The molecule has 1 N–H and O–H groups in total. The number of carbonyl (C=O) groups is 1. The van der Waals surface area contributed by atoms with Crippen molar-refractivity contribution >= 4 is 5.91 Å². The lowest BCUT2D eigenvalue weighted by molar-refractivity contribution is -0.115. The van der Waals surface area contributed by atoms with Crippen LogP contribution in [0.15, 0.2) is 24.3 Å². The molecule has 3 heteroatoms. The largest absolute Gasteiger partial charge is 0.345 e. The Labute approximate surface area is 109 Å². The van der Waals surface area contributed by atoms with Gasteiger partial charge in [0, 0.05) is 18.0 Å². The van der Waals surface area contributed by atoms with Gasteiger partial charge in [-0.15, -0.1) is 0 Å². The Morgan fingerprint density at radius 3 is 2.56 bits per heavy atom. The molecule has 0 aliphatic rings. The fourth-order valence-corrected chi connectivity index (χ4v) is 0.978. The van der Waals surface area contributed by atoms with Gasteiger partial charge in [-0.2, -0.15) is 0 Å². The Kier molecular flexibility index (Phi) is 9.30. The maximum atomic E-state index is 12.7. The first kappa shape index (κ1) is 16.2. The van der Waals surface area contributed by atoms with Crippen molar-refractivity contribution < 1.29 is 9.18 Å². The monoisotopic (exact) mass is 249 g/mol. The van der Waals surface area contributed by atoms with Crippen LogP contribution in [0.3, 0.4) is 0 Å². The summed E-state index contributed by atoms with van der Waals surface area (Å²) in [5.74, 6) is 4.30. The lowest BCUT2D eigenvalue weighted by Crippen LogP contribution is -2.21. The molecule has 0 heterocycles. The molecular weight excluding hydrogens is 229 g/mol. The fraction of sp³-hybridized carbons (Fsp3) is 0.400. The first-order chi connectivity index (χ1) is 8.63. The molecule has 0 aliphatic heterocycles. The molecule has 0 radical (unpaired) electrons. The summed E-state index contributed by atoms with van der Waals surface area (Å²) in [6, 6.07) is 5.84. The fourth-order valence-electron chi connectivity index (χ4n) is 0.978. The predicted molar refractivity (Wildman–Crippen MR) is 72.5 cm³/mol. The average Bonchev–Trinajstić information content (AvgIpc) is 2.35. The van der Waals surface area contributed by atoms with Gasteiger partial charge in [0.2, 0.25) is 0 Å². The van der Waals surface area contributed by atoms with E-state index in [1.807, 2.05) is 6.92 Å². The molecule has 1 amide bonds. The van der Waals surface area contributed by atoms with Gasteiger partial charge >= 0.3 is 0 Å². The number of hydrogen-bond acceptors (Lipinski definition) is 1. The van der Waals surface area contributed by atoms with Crippen LogP contribution in [0.25, 0.3) is 0 Å². The summed E-state index contributed by atoms with van der Waals surface area (Å²) in [5, 5.41) is 2.61. The van der Waals surface area contributed by atoms with Crippen molar-refractivity contribution in [2.45, 2.75) is 33.6 Å². The van der Waals surface area contributed by atoms with E-state index in [1.165, 1.54) is 18.6 Å². The maximum absolute atomic E-state index is 12.7. The van der Waals surface area contributed by atoms with Gasteiger partial charge in [-0.1, -0.05) is 39.2 Å². The van der Waals surface area contributed by atoms with E-state index in [9.17, 15) is 9.18 Å². The molecule has 0 aliphatic carbocycles. The van der Waals surface area contributed by atoms with Gasteiger partial charge in [0.1, 0.15) is 5.82 Å². The van der Waals surface area contributed by atoms with E-state index in [4.69, 9.17) is 0 Å². The minimum absolute atomic E-state index is 0.332. The topological polar surface area (TPSA) is 29.1 Å². The lowest BCUT2D eigenvalue weighted by atomic mass is 10.2. The highest BCUT2D eigenvalue weighted by molar-refractivity contribution is 5.94. The van der Waals surface area contributed by atoms with Crippen molar-refractivity contribution in [2.75, 3.05) is 6.54 Å². The van der Waals surface area contributed by atoms with Crippen LogP contribution in [0.1, 0.15) is 39.2 Å². The summed E-state index contributed by atoms with van der Waals surface area (Å²) in [6.07, 6.45) is 2.12. The quantitative estimate of drug-likeness (QED) is 0.802. The van der Waals surface area contributed by atoms with Gasteiger partial charge in [-0.05, 0) is 24.6 Å². The standard InChI is InChI=1S/C12H12FNO.C3H8/c1-2-8-14-12(15)7-6-10-4-3-5-11(13)9-10;1-3-2/h3-5,9H,2,8H2,1H3,(H,14,15);3H2,1-2H3. The second kappa shape index (κ2) is 10.3. The molecule has 1 rings (SSSR count). The van der Waals surface area contributed by atoms with Crippen molar-refractivity contribution in [3.05, 3.63) is 35.6 Å². The third kappa shape index (κ3) is 8.35. The van der Waals surface area contributed by atoms with Crippen molar-refractivity contribution in [1.29, 1.82) is 0 Å². The number of carbonyl (C=O) groups excluding carboxylic acids is 1. The van der Waals surface area contributed by atoms with E-state index < -0.39 is 0 Å². The number of benzene rings is 1. The van der Waals surface area contributed by atoms with E-state index in [-0.39, 0.29) is 11.7 Å². The van der Waals surface area contributed by atoms with Crippen molar-refractivity contribution in [3.8, 4) is 11.8 Å². The Bertz CT molecular complexity index is 418. The van der Waals surface area contributed by atoms with Gasteiger partial charge in [0.25, 0.3) is 5.91 Å². The SMILES string of the molecule is CCC.CCCNC(=O)C#Cc1cccc(F)c1. The van der Waals surface area contributed by atoms with E-state index in [2.05, 4.69) is 31.0 Å². The maximum Gasteiger partial charge on any atom is 0.296 e. The molecule has 0 saturated heterocycles. The molecule has 0 fully saturated rings. The Morgan fingerprint density at radius 2 is 2.00 bits per heavy atom. The van der Waals surface area contributed by atoms with Gasteiger partial charge in [0.15, 0.2) is 0 Å². The molecule has 1 aromatic rings. The Morgan fingerprint density at radius 1 is 1.33 bits per heavy atom. The van der Waals surface area contributed by atoms with Crippen LogP contribution >= 0.6 is 0 Å². The van der Waals surface area contributed by atoms with Crippen LogP contribution in [0, 0.1) is 17.7 Å². The summed E-state index contributed by atoms with van der Waals surface area (Å²) in [5.41, 5.74) is 0.502. The van der Waals surface area contributed by atoms with Crippen molar-refractivity contribution in [3.63, 3.8) is 0 Å². The second-order valence-electron chi connectivity index (χ2n) is 3.72. The van der Waals surface area contributed by atoms with E-state index in [0.717, 1.165) is 6.42 Å². The van der Waals surface area contributed by atoms with E-state index in [1.54, 1.807) is 12.1 Å². The number of rotatable bonds is 2. The number of halogens is 1. The average molecular weight is 249 g/mol. The van der Waals surface area contributed by atoms with Crippen molar-refractivity contribution in [2.24, 2.45) is 0 Å². The first-order valence-corrected chi connectivity index (χ1v) is 6.19. The summed E-state index contributed by atoms with van der Waals surface area (Å²) in [4.78, 5) is 11.1. The third-order valence-corrected chi connectivity index (χ3v) is 1.68. The smallest absolute Gasteiger partial charge is 0.296 e. The number of amides is 1. The van der Waals surface area contributed by atoms with Crippen LogP contribution in [-0.4, -0.2) is 12.5 Å². The highest BCUT2D eigenvalue weighted by Crippen LogP contribution is 2.00. The van der Waals surface area contributed by atoms with Gasteiger partial charge in [-0.3, -0.25) is 4.79 Å². The normalized spacial score (nSPS) is 8.44. The zero-order chi connectivity index (χ0) is 13.8. The van der Waals surface area contributed by atoms with Crippen LogP contribution in [-0.2, 0) is 4.79 Å². The zero-order valence-corrected chi connectivity index (χ0v) is 11.2. The second-order valence-corrected chi connectivity index (χ2v) is 3.72. The summed E-state index contributed by atoms with van der Waals surface area (Å²) < 4.78 is 12.7. The zero-order valence-electron chi connectivity index (χ0n) is 11.2. The molecule has 0 spiro atoms. The van der Waals surface area contributed by atoms with Gasteiger partial charge < -0.3 is 5.32 Å². The van der Waals surface area contributed by atoms with Crippen LogP contribution in [0.5, 0.6) is 0 Å². The van der Waals surface area contributed by atoms with E-state index >= 15 is 0 Å². The van der Waals surface area contributed by atoms with Crippen LogP contribution in [0.4, 0.5) is 4.39 Å². The third-order valence-electron chi connectivity index (χ3n) is 1.68. The molecule has 0 bridgehead atoms. The molecule has 0 aromatic heterocycles. The Balaban J connectivity index is 0.000000873. The summed E-state index contributed by atoms with van der Waals surface area (Å²) >= 11 is 0. The molecule has 98 valence electrons. The highest BCUT2D eigenvalue weighted by Gasteiger charge is 1.93.